The largest absolute Gasteiger partial charge is 0.456 e. The second-order valence-electron chi connectivity index (χ2n) is 30.3. The van der Waals surface area contributed by atoms with Crippen LogP contribution in [0.15, 0.2) is 52.9 Å². The van der Waals surface area contributed by atoms with Crippen molar-refractivity contribution in [3.63, 3.8) is 0 Å². The number of hydrogen-bond acceptors (Lipinski definition) is 1. The van der Waals surface area contributed by atoms with Crippen LogP contribution >= 0.6 is 0 Å². The van der Waals surface area contributed by atoms with Crippen LogP contribution in [0.1, 0.15) is 188 Å². The molecule has 13 heteroatoms. The summed E-state index contributed by atoms with van der Waals surface area (Å²) in [7, 11) is -10.6. The summed E-state index contributed by atoms with van der Waals surface area (Å²) in [5.41, 5.74) is 20.3. The number of fused-ring (bicyclic) bond motifs is 11. The number of halogens is 8. The van der Waals surface area contributed by atoms with Crippen LogP contribution in [0.5, 0.6) is 0 Å². The lowest BCUT2D eigenvalue weighted by Crippen LogP contribution is -2.43. The average Bonchev–Trinajstić information content (AvgIpc) is 1.68. The third kappa shape index (κ3) is 10.8. The minimum absolute atomic E-state index is 0.146. The van der Waals surface area contributed by atoms with E-state index in [1.165, 1.54) is 24.3 Å². The van der Waals surface area contributed by atoms with E-state index in [4.69, 9.17) is 4.42 Å². The van der Waals surface area contributed by atoms with E-state index in [2.05, 4.69) is 212 Å². The normalized spacial score (nSPS) is 13.1. The third-order valence-electron chi connectivity index (χ3n) is 22.4. The van der Waals surface area contributed by atoms with Crippen LogP contribution in [0, 0.1) is 92.4 Å². The summed E-state index contributed by atoms with van der Waals surface area (Å²) in [6.45, 7) is 52.9. The van der Waals surface area contributed by atoms with Crippen molar-refractivity contribution in [1.29, 1.82) is 0 Å². The van der Waals surface area contributed by atoms with E-state index >= 15 is 35.1 Å². The zero-order valence-corrected chi connectivity index (χ0v) is 63.0. The van der Waals surface area contributed by atoms with E-state index in [0.29, 0.717) is 87.3 Å². The van der Waals surface area contributed by atoms with Gasteiger partial charge >= 0.3 is 0 Å². The summed E-state index contributed by atoms with van der Waals surface area (Å²) < 4.78 is 137. The standard InChI is InChI=1S/C80H92F8OSi4/c1-41(2)90(42(3)4,43(5)6)33-29-53-55-25-27-67-71(69(55)57(31-35-92(47(13)14,48(15)16)49(17)18)61-39-65-63(37-59(53)61)73(81)77(85)79(87)75(65)83)72-68(89-67)28-26-56-54(30-34-91(44(7)8,45(9)10)46(11)12)60-38-64-66(76(84)80(88)78(86)74(64)82)40-62(60)58(70(56)72)32-36-93(50(19)20,51(21)22)52(23)24/h25-28,37-52H,1-24H3. The van der Waals surface area contributed by atoms with Crippen molar-refractivity contribution in [3.05, 3.63) is 117 Å². The van der Waals surface area contributed by atoms with E-state index in [0.717, 1.165) is 0 Å². The smallest absolute Gasteiger partial charge is 0.198 e. The van der Waals surface area contributed by atoms with Gasteiger partial charge in [-0.3, -0.25) is 0 Å². The molecule has 1 heterocycles. The molecule has 0 amide bonds. The predicted octanol–water partition coefficient (Wildman–Crippen LogP) is 25.9. The molecule has 0 N–H and O–H groups in total. The van der Waals surface area contributed by atoms with Crippen molar-refractivity contribution in [2.45, 2.75) is 233 Å². The molecule has 9 rings (SSSR count). The maximum atomic E-state index is 16.8. The molecular weight excluding hydrogens is 1240 g/mol. The first kappa shape index (κ1) is 71.0. The Morgan fingerprint density at radius 3 is 0.634 bits per heavy atom. The van der Waals surface area contributed by atoms with Gasteiger partial charge in [0.25, 0.3) is 0 Å². The molecule has 0 saturated heterocycles. The van der Waals surface area contributed by atoms with Crippen molar-refractivity contribution in [3.8, 4) is 45.9 Å². The van der Waals surface area contributed by atoms with Gasteiger partial charge in [0.1, 0.15) is 43.5 Å². The van der Waals surface area contributed by atoms with E-state index in [-0.39, 0.29) is 66.5 Å². The number of benzene rings is 8. The van der Waals surface area contributed by atoms with Gasteiger partial charge in [0, 0.05) is 76.1 Å². The van der Waals surface area contributed by atoms with Gasteiger partial charge < -0.3 is 4.42 Å². The van der Waals surface area contributed by atoms with Gasteiger partial charge in [-0.2, -0.15) is 0 Å². The zero-order chi connectivity index (χ0) is 69.1. The van der Waals surface area contributed by atoms with Crippen LogP contribution in [0.25, 0.3) is 86.6 Å². The van der Waals surface area contributed by atoms with Crippen molar-refractivity contribution in [2.24, 2.45) is 0 Å². The summed E-state index contributed by atoms with van der Waals surface area (Å²) in [5.74, 6) is 1.22. The fourth-order valence-corrected chi connectivity index (χ4v) is 38.8. The number of furan rings is 1. The molecule has 1 aromatic heterocycles. The van der Waals surface area contributed by atoms with Crippen LogP contribution in [0.2, 0.25) is 66.5 Å². The fraction of sp³-hybridized carbons (Fsp3) is 0.450. The minimum Gasteiger partial charge on any atom is -0.456 e. The van der Waals surface area contributed by atoms with Crippen LogP contribution in [0.3, 0.4) is 0 Å². The monoisotopic (exact) mass is 1330 g/mol. The second-order valence-corrected chi connectivity index (χ2v) is 52.6. The lowest BCUT2D eigenvalue weighted by molar-refractivity contribution is 0.418. The first-order chi connectivity index (χ1) is 43.4. The lowest BCUT2D eigenvalue weighted by Gasteiger charge is -2.38. The second kappa shape index (κ2) is 25.7. The first-order valence-electron chi connectivity index (χ1n) is 33.6. The van der Waals surface area contributed by atoms with Gasteiger partial charge in [-0.15, -0.1) is 22.2 Å². The molecule has 1 nitrogen and oxygen atoms in total. The Kier molecular flexibility index (Phi) is 19.6. The van der Waals surface area contributed by atoms with Gasteiger partial charge in [-0.25, -0.2) is 35.1 Å². The van der Waals surface area contributed by atoms with Crippen molar-refractivity contribution < 1.29 is 39.5 Å². The highest BCUT2D eigenvalue weighted by molar-refractivity contribution is 6.92. The van der Waals surface area contributed by atoms with Gasteiger partial charge in [-0.05, 0) is 137 Å². The fourth-order valence-electron chi connectivity index (χ4n) is 18.0. The SMILES string of the molecule is CC(C)[Si](C#Cc1c2cc3c(F)c(F)c(F)c(F)c3cc2c(C#C[Si](C(C)C)(C(C)C)C(C)C)c2c1ccc1oc3ccc4c(C#C[Si](C(C)C)(C(C)C)C(C)C)c5cc6c(F)c(F)c(F)c(F)c6cc5c(C#C[Si](C(C)C)(C(C)C)C(C)C)c4c3c12)(C(C)C)C(C)C. The molecule has 0 aliphatic heterocycles. The minimum atomic E-state index is -2.69. The molecule has 9 aromatic rings. The highest BCUT2D eigenvalue weighted by Gasteiger charge is 2.45. The van der Waals surface area contributed by atoms with Crippen LogP contribution in [0.4, 0.5) is 35.1 Å². The van der Waals surface area contributed by atoms with E-state index < -0.39 is 100 Å². The quantitative estimate of drug-likeness (QED) is 0.0297. The Morgan fingerprint density at radius 1 is 0.237 bits per heavy atom. The molecule has 0 unspecified atom stereocenters. The van der Waals surface area contributed by atoms with Crippen molar-refractivity contribution >= 4 is 119 Å². The summed E-state index contributed by atoms with van der Waals surface area (Å²) in [5, 5.41) is 3.06. The maximum Gasteiger partial charge on any atom is 0.198 e. The predicted molar refractivity (Wildman–Crippen MR) is 390 cm³/mol. The highest BCUT2D eigenvalue weighted by atomic mass is 28.3. The first-order valence-corrected chi connectivity index (χ1v) is 42.5. The molecule has 93 heavy (non-hydrogen) atoms. The molecule has 490 valence electrons. The van der Waals surface area contributed by atoms with E-state index in [9.17, 15) is 0 Å². The maximum absolute atomic E-state index is 16.8. The van der Waals surface area contributed by atoms with Crippen molar-refractivity contribution in [2.75, 3.05) is 0 Å². The molecule has 0 aliphatic carbocycles. The zero-order valence-electron chi connectivity index (χ0n) is 59.0. The van der Waals surface area contributed by atoms with Gasteiger partial charge in [0.2, 0.25) is 0 Å². The van der Waals surface area contributed by atoms with E-state index in [1.807, 2.05) is 24.3 Å². The molecule has 0 bridgehead atoms. The van der Waals surface area contributed by atoms with Gasteiger partial charge in [-0.1, -0.05) is 190 Å². The molecule has 0 fully saturated rings. The summed E-state index contributed by atoms with van der Waals surface area (Å²) in [4.78, 5) is 0. The average molecular weight is 1330 g/mol. The topological polar surface area (TPSA) is 13.1 Å². The van der Waals surface area contributed by atoms with Crippen molar-refractivity contribution in [1.82, 2.24) is 0 Å². The van der Waals surface area contributed by atoms with Gasteiger partial charge in [0.05, 0.1) is 0 Å². The van der Waals surface area contributed by atoms with Crippen LogP contribution in [-0.2, 0) is 0 Å². The molecule has 0 saturated carbocycles. The molecule has 8 aromatic carbocycles. The Morgan fingerprint density at radius 2 is 0.430 bits per heavy atom. The van der Waals surface area contributed by atoms with Crippen LogP contribution < -0.4 is 0 Å². The third-order valence-corrected chi connectivity index (χ3v) is 47.6. The molecule has 0 radical (unpaired) electrons. The molecule has 0 spiro atoms. The molecule has 0 aliphatic rings. The Bertz CT molecular complexity index is 4430. The molecular formula is C80H92F8OSi4. The molecule has 0 atom stereocenters. The van der Waals surface area contributed by atoms with E-state index in [1.54, 1.807) is 0 Å². The lowest BCUT2D eigenvalue weighted by atomic mass is 9.85. The Balaban J connectivity index is 1.74. The Hall–Kier alpha value is -6.33. The number of hydrogen-bond donors (Lipinski definition) is 0. The summed E-state index contributed by atoms with van der Waals surface area (Å²) in [6.07, 6.45) is 0. The van der Waals surface area contributed by atoms with Crippen LogP contribution in [-0.4, -0.2) is 32.3 Å². The highest BCUT2D eigenvalue weighted by Crippen LogP contribution is 2.51. The Labute approximate surface area is 551 Å². The summed E-state index contributed by atoms with van der Waals surface area (Å²) in [6, 6.07) is 13.2. The summed E-state index contributed by atoms with van der Waals surface area (Å²) >= 11 is 0. The van der Waals surface area contributed by atoms with Gasteiger partial charge in [0.15, 0.2) is 46.5 Å². The number of rotatable bonds is 12.